The zero-order valence-electron chi connectivity index (χ0n) is 17.5. The highest BCUT2D eigenvalue weighted by atomic mass is 16.5. The highest BCUT2D eigenvalue weighted by Crippen LogP contribution is 2.56. The molecule has 3 aliphatic carbocycles. The molecule has 1 N–H and O–H groups in total. The van der Waals surface area contributed by atoms with Gasteiger partial charge in [0, 0.05) is 17.6 Å². The quantitative estimate of drug-likeness (QED) is 0.753. The van der Waals surface area contributed by atoms with Gasteiger partial charge in [-0.15, -0.1) is 0 Å². The average molecular weight is 411 g/mol. The van der Waals surface area contributed by atoms with E-state index < -0.39 is 0 Å². The number of carbonyl (C=O) groups is 3. The van der Waals surface area contributed by atoms with Crippen molar-refractivity contribution in [3.63, 3.8) is 0 Å². The van der Waals surface area contributed by atoms with Crippen LogP contribution < -0.4 is 10.1 Å². The molecule has 4 unspecified atom stereocenters. The van der Waals surface area contributed by atoms with E-state index in [-0.39, 0.29) is 41.5 Å². The predicted octanol–water partition coefficient (Wildman–Crippen LogP) is 3.61. The molecule has 4 fully saturated rings. The normalized spacial score (nSPS) is 34.9. The van der Waals surface area contributed by atoms with Crippen LogP contribution in [0.15, 0.2) is 24.3 Å². The summed E-state index contributed by atoms with van der Waals surface area (Å²) in [7, 11) is 0. The molecule has 5 rings (SSSR count). The van der Waals surface area contributed by atoms with E-state index in [1.165, 1.54) is 0 Å². The Balaban J connectivity index is 1.17. The molecular formula is C24H30N2O4. The molecule has 6 heteroatoms. The first-order chi connectivity index (χ1) is 14.6. The van der Waals surface area contributed by atoms with Crippen LogP contribution in [0.1, 0.15) is 51.9 Å². The summed E-state index contributed by atoms with van der Waals surface area (Å²) in [5.74, 6) is 1.67. The Hall–Kier alpha value is -2.37. The molecule has 0 aromatic heterocycles. The number of imide groups is 1. The Morgan fingerprint density at radius 3 is 2.13 bits per heavy atom. The van der Waals surface area contributed by atoms with Crippen LogP contribution in [0, 0.1) is 29.6 Å². The van der Waals surface area contributed by atoms with Crippen LogP contribution in [-0.4, -0.2) is 35.3 Å². The van der Waals surface area contributed by atoms with Crippen molar-refractivity contribution in [3.05, 3.63) is 24.3 Å². The Labute approximate surface area is 177 Å². The lowest BCUT2D eigenvalue weighted by molar-refractivity contribution is -0.144. The number of hydrogen-bond acceptors (Lipinski definition) is 4. The second kappa shape index (κ2) is 7.71. The van der Waals surface area contributed by atoms with Gasteiger partial charge in [0.15, 0.2) is 0 Å². The number of carbonyl (C=O) groups excluding carboxylic acids is 3. The summed E-state index contributed by atoms with van der Waals surface area (Å²) in [4.78, 5) is 40.4. The molecule has 3 amide bonds. The van der Waals surface area contributed by atoms with Gasteiger partial charge in [-0.3, -0.25) is 19.3 Å². The van der Waals surface area contributed by atoms with Gasteiger partial charge in [-0.1, -0.05) is 0 Å². The van der Waals surface area contributed by atoms with Crippen molar-refractivity contribution in [2.75, 3.05) is 11.9 Å². The van der Waals surface area contributed by atoms with E-state index in [0.717, 1.165) is 43.5 Å². The largest absolute Gasteiger partial charge is 0.494 e. The maximum atomic E-state index is 13.0. The van der Waals surface area contributed by atoms with Gasteiger partial charge in [-0.2, -0.15) is 0 Å². The van der Waals surface area contributed by atoms with Crippen molar-refractivity contribution in [2.24, 2.45) is 29.6 Å². The lowest BCUT2D eigenvalue weighted by Crippen LogP contribution is -2.44. The zero-order chi connectivity index (χ0) is 20.8. The molecule has 3 saturated carbocycles. The molecule has 30 heavy (non-hydrogen) atoms. The molecule has 0 radical (unpaired) electrons. The summed E-state index contributed by atoms with van der Waals surface area (Å²) in [6.45, 7) is 2.55. The fourth-order valence-electron chi connectivity index (χ4n) is 6.43. The number of benzene rings is 1. The van der Waals surface area contributed by atoms with Crippen molar-refractivity contribution in [3.8, 4) is 5.75 Å². The summed E-state index contributed by atoms with van der Waals surface area (Å²) in [6, 6.07) is 7.38. The van der Waals surface area contributed by atoms with Crippen LogP contribution in [-0.2, 0) is 14.4 Å². The Kier molecular flexibility index (Phi) is 5.03. The first kappa shape index (κ1) is 19.6. The van der Waals surface area contributed by atoms with Crippen LogP contribution in [0.3, 0.4) is 0 Å². The van der Waals surface area contributed by atoms with Gasteiger partial charge >= 0.3 is 0 Å². The van der Waals surface area contributed by atoms with Gasteiger partial charge in [0.2, 0.25) is 17.7 Å². The third-order valence-electron chi connectivity index (χ3n) is 7.83. The van der Waals surface area contributed by atoms with Gasteiger partial charge < -0.3 is 10.1 Å². The Morgan fingerprint density at radius 2 is 1.57 bits per heavy atom. The van der Waals surface area contributed by atoms with Crippen LogP contribution in [0.2, 0.25) is 0 Å². The second-order valence-electron chi connectivity index (χ2n) is 9.38. The summed E-state index contributed by atoms with van der Waals surface area (Å²) < 4.78 is 5.43. The van der Waals surface area contributed by atoms with Gasteiger partial charge in [-0.25, -0.2) is 0 Å². The summed E-state index contributed by atoms with van der Waals surface area (Å²) in [5.41, 5.74) is 0.763. The van der Waals surface area contributed by atoms with Gasteiger partial charge in [-0.05, 0) is 88.0 Å². The number of likely N-dealkylation sites (tertiary alicyclic amines) is 1. The van der Waals surface area contributed by atoms with Crippen molar-refractivity contribution < 1.29 is 19.1 Å². The molecule has 160 valence electrons. The van der Waals surface area contributed by atoms with Crippen molar-refractivity contribution >= 4 is 23.4 Å². The maximum absolute atomic E-state index is 13.0. The highest BCUT2D eigenvalue weighted by Gasteiger charge is 2.61. The molecule has 1 aliphatic heterocycles. The average Bonchev–Trinajstić information content (AvgIpc) is 3.44. The third-order valence-corrected chi connectivity index (χ3v) is 7.83. The number of nitrogens with zero attached hydrogens (tertiary/aromatic N) is 1. The highest BCUT2D eigenvalue weighted by molar-refractivity contribution is 6.06. The SMILES string of the molecule is CCOc1ccc(NC(=O)C2CCC(N3C(=O)C4C5CCC(C5)C4C3=O)CC2)cc1. The predicted molar refractivity (Wildman–Crippen MR) is 112 cm³/mol. The van der Waals surface area contributed by atoms with Crippen LogP contribution in [0.25, 0.3) is 0 Å². The van der Waals surface area contributed by atoms with E-state index in [1.54, 1.807) is 4.90 Å². The Morgan fingerprint density at radius 1 is 0.967 bits per heavy atom. The lowest BCUT2D eigenvalue weighted by atomic mass is 9.81. The number of hydrogen-bond donors (Lipinski definition) is 1. The second-order valence-corrected chi connectivity index (χ2v) is 9.38. The molecular weight excluding hydrogens is 380 g/mol. The lowest BCUT2D eigenvalue weighted by Gasteiger charge is -2.33. The minimum Gasteiger partial charge on any atom is -0.494 e. The van der Waals surface area contributed by atoms with Gasteiger partial charge in [0.25, 0.3) is 0 Å². The number of ether oxygens (including phenoxy) is 1. The van der Waals surface area contributed by atoms with Crippen LogP contribution in [0.4, 0.5) is 5.69 Å². The fraction of sp³-hybridized carbons (Fsp3) is 0.625. The molecule has 1 aromatic rings. The van der Waals surface area contributed by atoms with Crippen molar-refractivity contribution in [1.29, 1.82) is 0 Å². The number of anilines is 1. The van der Waals surface area contributed by atoms with Crippen molar-refractivity contribution in [2.45, 2.75) is 57.9 Å². The topological polar surface area (TPSA) is 75.7 Å². The molecule has 2 bridgehead atoms. The third kappa shape index (κ3) is 3.21. The molecule has 4 atom stereocenters. The molecule has 4 aliphatic rings. The van der Waals surface area contributed by atoms with Crippen molar-refractivity contribution in [1.82, 2.24) is 4.90 Å². The number of nitrogens with one attached hydrogen (secondary N) is 1. The zero-order valence-corrected chi connectivity index (χ0v) is 17.5. The van der Waals surface area contributed by atoms with E-state index in [1.807, 2.05) is 31.2 Å². The smallest absolute Gasteiger partial charge is 0.233 e. The first-order valence-electron chi connectivity index (χ1n) is 11.5. The summed E-state index contributed by atoms with van der Waals surface area (Å²) >= 11 is 0. The molecule has 0 spiro atoms. The maximum Gasteiger partial charge on any atom is 0.233 e. The summed E-state index contributed by atoms with van der Waals surface area (Å²) in [6.07, 6.45) is 6.17. The molecule has 6 nitrogen and oxygen atoms in total. The minimum atomic E-state index is -0.0729. The van der Waals surface area contributed by atoms with E-state index in [9.17, 15) is 14.4 Å². The minimum absolute atomic E-state index is 0.0200. The monoisotopic (exact) mass is 410 g/mol. The van der Waals surface area contributed by atoms with E-state index in [2.05, 4.69) is 5.32 Å². The van der Waals surface area contributed by atoms with E-state index in [4.69, 9.17) is 4.74 Å². The fourth-order valence-corrected chi connectivity index (χ4v) is 6.43. The number of fused-ring (bicyclic) bond motifs is 5. The van der Waals surface area contributed by atoms with E-state index >= 15 is 0 Å². The number of rotatable bonds is 5. The number of amides is 3. The van der Waals surface area contributed by atoms with Gasteiger partial charge in [0.05, 0.1) is 18.4 Å². The summed E-state index contributed by atoms with van der Waals surface area (Å²) in [5, 5.41) is 2.99. The molecule has 1 saturated heterocycles. The first-order valence-corrected chi connectivity index (χ1v) is 11.5. The molecule has 1 aromatic carbocycles. The standard InChI is InChI=1S/C24H30N2O4/c1-2-30-19-11-7-17(8-12-19)25-22(27)14-5-9-18(10-6-14)26-23(28)20-15-3-4-16(13-15)21(20)24(26)29/h7-8,11-12,14-16,18,20-21H,2-6,9-10,13H2,1H3,(H,25,27). The molecule has 1 heterocycles. The van der Waals surface area contributed by atoms with Crippen LogP contribution in [0.5, 0.6) is 5.75 Å². The van der Waals surface area contributed by atoms with E-state index in [0.29, 0.717) is 31.3 Å². The Bertz CT molecular complexity index is 815. The van der Waals surface area contributed by atoms with Crippen LogP contribution >= 0.6 is 0 Å². The van der Waals surface area contributed by atoms with Gasteiger partial charge in [0.1, 0.15) is 5.75 Å².